The molecule has 2 aromatic heterocycles. The number of hydrogen-bond donors (Lipinski definition) is 0. The van der Waals surface area contributed by atoms with Crippen molar-refractivity contribution >= 4 is 6.29 Å². The normalized spacial score (nSPS) is 13.2. The standard InChI is InChI=1S/C22H20N4O/c1-17(18-12-23-25(14-18)20-8-4-2-5-9-20)22(16-27)19-13-24-26(15-19)21-10-6-3-7-11-21/h2-17,22H,1H3. The third-order valence-electron chi connectivity index (χ3n) is 4.84. The summed E-state index contributed by atoms with van der Waals surface area (Å²) < 4.78 is 3.63. The molecule has 0 aliphatic rings. The molecule has 0 saturated carbocycles. The first-order valence-electron chi connectivity index (χ1n) is 8.91. The van der Waals surface area contributed by atoms with E-state index in [2.05, 4.69) is 10.2 Å². The van der Waals surface area contributed by atoms with Gasteiger partial charge in [0.25, 0.3) is 0 Å². The van der Waals surface area contributed by atoms with Gasteiger partial charge in [-0.3, -0.25) is 0 Å². The molecule has 0 spiro atoms. The highest BCUT2D eigenvalue weighted by Gasteiger charge is 2.23. The Morgan fingerprint density at radius 1 is 0.778 bits per heavy atom. The zero-order valence-corrected chi connectivity index (χ0v) is 15.0. The van der Waals surface area contributed by atoms with Crippen LogP contribution in [0.25, 0.3) is 11.4 Å². The number of rotatable bonds is 6. The third-order valence-corrected chi connectivity index (χ3v) is 4.84. The van der Waals surface area contributed by atoms with E-state index >= 15 is 0 Å². The molecule has 5 nitrogen and oxygen atoms in total. The molecule has 4 aromatic rings. The summed E-state index contributed by atoms with van der Waals surface area (Å²) in [5.74, 6) is -0.288. The van der Waals surface area contributed by atoms with Gasteiger partial charge in [0, 0.05) is 23.9 Å². The number of carbonyl (C=O) groups excluding carboxylic acids is 1. The summed E-state index contributed by atoms with van der Waals surface area (Å²) in [5.41, 5.74) is 3.88. The number of aldehydes is 1. The van der Waals surface area contributed by atoms with Gasteiger partial charge in [0.1, 0.15) is 6.29 Å². The Hall–Kier alpha value is -3.47. The maximum Gasteiger partial charge on any atom is 0.128 e. The molecular formula is C22H20N4O. The van der Waals surface area contributed by atoms with Crippen LogP contribution in [0.3, 0.4) is 0 Å². The number of para-hydroxylation sites is 2. The van der Waals surface area contributed by atoms with E-state index in [-0.39, 0.29) is 11.8 Å². The van der Waals surface area contributed by atoms with Gasteiger partial charge >= 0.3 is 0 Å². The van der Waals surface area contributed by atoms with Crippen molar-refractivity contribution in [1.82, 2.24) is 19.6 Å². The zero-order valence-electron chi connectivity index (χ0n) is 15.0. The summed E-state index contributed by atoms with van der Waals surface area (Å²) in [7, 11) is 0. The van der Waals surface area contributed by atoms with Gasteiger partial charge in [-0.2, -0.15) is 10.2 Å². The van der Waals surface area contributed by atoms with Crippen LogP contribution in [0.4, 0.5) is 0 Å². The molecule has 0 saturated heterocycles. The molecule has 5 heteroatoms. The van der Waals surface area contributed by atoms with Crippen LogP contribution < -0.4 is 0 Å². The lowest BCUT2D eigenvalue weighted by atomic mass is 9.86. The molecule has 27 heavy (non-hydrogen) atoms. The zero-order chi connectivity index (χ0) is 18.6. The molecule has 0 aliphatic heterocycles. The Morgan fingerprint density at radius 2 is 1.26 bits per heavy atom. The van der Waals surface area contributed by atoms with Crippen LogP contribution in [0, 0.1) is 0 Å². The average Bonchev–Trinajstić information content (AvgIpc) is 3.40. The molecule has 0 aliphatic carbocycles. The van der Waals surface area contributed by atoms with Crippen molar-refractivity contribution in [3.05, 3.63) is 96.6 Å². The largest absolute Gasteiger partial charge is 0.303 e. The highest BCUT2D eigenvalue weighted by Crippen LogP contribution is 2.31. The number of carbonyl (C=O) groups is 1. The molecule has 2 atom stereocenters. The van der Waals surface area contributed by atoms with E-state index in [9.17, 15) is 4.79 Å². The van der Waals surface area contributed by atoms with E-state index in [0.717, 1.165) is 28.8 Å². The van der Waals surface area contributed by atoms with Gasteiger partial charge in [-0.15, -0.1) is 0 Å². The smallest absolute Gasteiger partial charge is 0.128 e. The molecule has 2 aromatic carbocycles. The van der Waals surface area contributed by atoms with Crippen LogP contribution in [0.1, 0.15) is 29.9 Å². The van der Waals surface area contributed by atoms with Gasteiger partial charge in [-0.05, 0) is 35.7 Å². The molecule has 2 unspecified atom stereocenters. The van der Waals surface area contributed by atoms with Crippen LogP contribution in [0.5, 0.6) is 0 Å². The van der Waals surface area contributed by atoms with Gasteiger partial charge in [-0.1, -0.05) is 43.3 Å². The molecule has 4 rings (SSSR count). The van der Waals surface area contributed by atoms with Crippen molar-refractivity contribution in [2.45, 2.75) is 18.8 Å². The molecule has 0 bridgehead atoms. The van der Waals surface area contributed by atoms with Crippen molar-refractivity contribution in [3.63, 3.8) is 0 Å². The Labute approximate surface area is 157 Å². The van der Waals surface area contributed by atoms with Crippen molar-refractivity contribution in [2.24, 2.45) is 0 Å². The summed E-state index contributed by atoms with van der Waals surface area (Å²) in [4.78, 5) is 11.9. The molecular weight excluding hydrogens is 336 g/mol. The van der Waals surface area contributed by atoms with E-state index < -0.39 is 0 Å². The molecule has 134 valence electrons. The van der Waals surface area contributed by atoms with Crippen molar-refractivity contribution < 1.29 is 4.79 Å². The van der Waals surface area contributed by atoms with E-state index in [1.54, 1.807) is 10.9 Å². The van der Waals surface area contributed by atoms with Gasteiger partial charge in [0.15, 0.2) is 0 Å². The number of nitrogens with zero attached hydrogens (tertiary/aromatic N) is 4. The molecule has 0 fully saturated rings. The second-order valence-electron chi connectivity index (χ2n) is 6.56. The first-order valence-corrected chi connectivity index (χ1v) is 8.91. The molecule has 2 heterocycles. The fourth-order valence-electron chi connectivity index (χ4n) is 3.22. The maximum atomic E-state index is 11.9. The SMILES string of the molecule is CC(c1cnn(-c2ccccc2)c1)C(C=O)c1cnn(-c2ccccc2)c1. The summed E-state index contributed by atoms with van der Waals surface area (Å²) in [5, 5.41) is 8.87. The highest BCUT2D eigenvalue weighted by molar-refractivity contribution is 5.64. The lowest BCUT2D eigenvalue weighted by Gasteiger charge is -2.15. The quantitative estimate of drug-likeness (QED) is 0.488. The fourth-order valence-corrected chi connectivity index (χ4v) is 3.22. The van der Waals surface area contributed by atoms with E-state index in [1.807, 2.05) is 90.9 Å². The number of aromatic nitrogens is 4. The molecule has 0 amide bonds. The van der Waals surface area contributed by atoms with Crippen molar-refractivity contribution in [3.8, 4) is 11.4 Å². The lowest BCUT2D eigenvalue weighted by Crippen LogP contribution is -2.09. The van der Waals surface area contributed by atoms with Crippen LogP contribution >= 0.6 is 0 Å². The van der Waals surface area contributed by atoms with Gasteiger partial charge in [0.05, 0.1) is 23.8 Å². The minimum atomic E-state index is -0.282. The van der Waals surface area contributed by atoms with Gasteiger partial charge in [-0.25, -0.2) is 9.36 Å². The predicted molar refractivity (Wildman–Crippen MR) is 104 cm³/mol. The third kappa shape index (κ3) is 3.44. The number of hydrogen-bond acceptors (Lipinski definition) is 3. The van der Waals surface area contributed by atoms with E-state index in [0.29, 0.717) is 0 Å². The first-order chi connectivity index (χ1) is 13.3. The molecule has 0 radical (unpaired) electrons. The van der Waals surface area contributed by atoms with E-state index in [1.165, 1.54) is 0 Å². The minimum Gasteiger partial charge on any atom is -0.303 e. The Balaban J connectivity index is 1.59. The Bertz CT molecular complexity index is 1020. The fraction of sp³-hybridized carbons (Fsp3) is 0.136. The predicted octanol–water partition coefficient (Wildman–Crippen LogP) is 4.14. The first kappa shape index (κ1) is 17.0. The van der Waals surface area contributed by atoms with Crippen LogP contribution in [0.15, 0.2) is 85.5 Å². The molecule has 0 N–H and O–H groups in total. The maximum absolute atomic E-state index is 11.9. The van der Waals surface area contributed by atoms with Gasteiger partial charge < -0.3 is 4.79 Å². The van der Waals surface area contributed by atoms with Crippen molar-refractivity contribution in [1.29, 1.82) is 0 Å². The topological polar surface area (TPSA) is 52.7 Å². The summed E-state index contributed by atoms with van der Waals surface area (Å²) in [6.45, 7) is 2.05. The second-order valence-corrected chi connectivity index (χ2v) is 6.56. The van der Waals surface area contributed by atoms with Crippen LogP contribution in [-0.2, 0) is 4.79 Å². The summed E-state index contributed by atoms with van der Waals surface area (Å²) in [6.07, 6.45) is 8.50. The second kappa shape index (κ2) is 7.41. The van der Waals surface area contributed by atoms with Gasteiger partial charge in [0.2, 0.25) is 0 Å². The van der Waals surface area contributed by atoms with Crippen LogP contribution in [0.2, 0.25) is 0 Å². The van der Waals surface area contributed by atoms with E-state index in [4.69, 9.17) is 0 Å². The Morgan fingerprint density at radius 3 is 1.78 bits per heavy atom. The number of benzene rings is 2. The average molecular weight is 356 g/mol. The lowest BCUT2D eigenvalue weighted by molar-refractivity contribution is -0.109. The highest BCUT2D eigenvalue weighted by atomic mass is 16.1. The monoisotopic (exact) mass is 356 g/mol. The van der Waals surface area contributed by atoms with Crippen molar-refractivity contribution in [2.75, 3.05) is 0 Å². The summed E-state index contributed by atoms with van der Waals surface area (Å²) in [6, 6.07) is 19.8. The minimum absolute atomic E-state index is 0.00612. The summed E-state index contributed by atoms with van der Waals surface area (Å²) >= 11 is 0. The van der Waals surface area contributed by atoms with Crippen LogP contribution in [-0.4, -0.2) is 25.8 Å². The Kier molecular flexibility index (Phi) is 4.66.